The van der Waals surface area contributed by atoms with Gasteiger partial charge in [-0.3, -0.25) is 9.36 Å². The van der Waals surface area contributed by atoms with Crippen molar-refractivity contribution < 1.29 is 18.4 Å². The molecule has 0 aliphatic carbocycles. The van der Waals surface area contributed by atoms with E-state index in [0.717, 1.165) is 0 Å². The number of halogens is 1. The minimum atomic E-state index is -2.27. The SMILES string of the molecule is CC(C)[Si](OC[C@H]1O[C@@H](n2cc(I)c(NC(=O)c3ccccc3)nc2=O)C[C@@H]1O[Si](C(C)C)(C(C)C)C(C)C)(C(C)C)C(C)C. The molecule has 1 N–H and O–H groups in total. The number of benzene rings is 1. The van der Waals surface area contributed by atoms with Crippen molar-refractivity contribution >= 4 is 51.0 Å². The van der Waals surface area contributed by atoms with Gasteiger partial charge in [-0.05, 0) is 68.0 Å². The molecule has 0 bridgehead atoms. The zero-order chi connectivity index (χ0) is 33.9. The lowest BCUT2D eigenvalue weighted by Crippen LogP contribution is -2.53. The molecule has 2 heterocycles. The minimum absolute atomic E-state index is 0.214. The number of carbonyl (C=O) groups is 1. The van der Waals surface area contributed by atoms with E-state index in [2.05, 4.69) is 116 Å². The van der Waals surface area contributed by atoms with Crippen LogP contribution in [-0.4, -0.2) is 50.9 Å². The Hall–Kier alpha value is -1.39. The van der Waals surface area contributed by atoms with Crippen LogP contribution in [0, 0.1) is 3.57 Å². The minimum Gasteiger partial charge on any atom is -0.413 e. The van der Waals surface area contributed by atoms with Crippen LogP contribution < -0.4 is 11.0 Å². The fraction of sp³-hybridized carbons (Fsp3) is 0.676. The second kappa shape index (κ2) is 15.7. The molecule has 3 rings (SSSR count). The maximum Gasteiger partial charge on any atom is 0.351 e. The highest BCUT2D eigenvalue weighted by molar-refractivity contribution is 14.1. The first-order chi connectivity index (χ1) is 21.0. The van der Waals surface area contributed by atoms with Gasteiger partial charge in [-0.25, -0.2) is 4.79 Å². The van der Waals surface area contributed by atoms with E-state index in [1.165, 1.54) is 0 Å². The zero-order valence-electron chi connectivity index (χ0n) is 29.4. The Balaban J connectivity index is 1.98. The highest BCUT2D eigenvalue weighted by atomic mass is 127. The highest BCUT2D eigenvalue weighted by Gasteiger charge is 2.52. The maximum absolute atomic E-state index is 13.5. The Labute approximate surface area is 286 Å². The van der Waals surface area contributed by atoms with Crippen LogP contribution in [-0.2, 0) is 13.6 Å². The number of ether oxygens (including phenoxy) is 1. The van der Waals surface area contributed by atoms with E-state index < -0.39 is 28.6 Å². The first kappa shape index (κ1) is 38.1. The summed E-state index contributed by atoms with van der Waals surface area (Å²) in [6.07, 6.45) is 1.18. The average Bonchev–Trinajstić information content (AvgIpc) is 3.35. The van der Waals surface area contributed by atoms with Gasteiger partial charge in [-0.15, -0.1) is 0 Å². The number of aromatic nitrogens is 2. The first-order valence-corrected chi connectivity index (χ1v) is 22.0. The van der Waals surface area contributed by atoms with Crippen molar-refractivity contribution in [3.63, 3.8) is 0 Å². The number of anilines is 1. The number of carbonyl (C=O) groups excluding carboxylic acids is 1. The van der Waals surface area contributed by atoms with Crippen LogP contribution in [0.2, 0.25) is 33.2 Å². The number of nitrogens with zero attached hydrogens (tertiary/aromatic N) is 2. The smallest absolute Gasteiger partial charge is 0.351 e. The van der Waals surface area contributed by atoms with E-state index in [9.17, 15) is 9.59 Å². The van der Waals surface area contributed by atoms with E-state index in [4.69, 9.17) is 13.6 Å². The summed E-state index contributed by atoms with van der Waals surface area (Å²) in [6.45, 7) is 27.9. The van der Waals surface area contributed by atoms with Crippen molar-refractivity contribution in [1.82, 2.24) is 9.55 Å². The van der Waals surface area contributed by atoms with Crippen LogP contribution in [0.15, 0.2) is 41.3 Å². The van der Waals surface area contributed by atoms with Crippen molar-refractivity contribution in [2.45, 2.75) is 141 Å². The number of amides is 1. The van der Waals surface area contributed by atoms with E-state index in [0.29, 0.717) is 55.4 Å². The van der Waals surface area contributed by atoms with Crippen molar-refractivity contribution in [3.05, 3.63) is 56.1 Å². The van der Waals surface area contributed by atoms with E-state index >= 15 is 0 Å². The lowest BCUT2D eigenvalue weighted by Gasteiger charge is -2.45. The van der Waals surface area contributed by atoms with Gasteiger partial charge < -0.3 is 18.9 Å². The molecule has 1 aliphatic heterocycles. The topological polar surface area (TPSA) is 91.7 Å². The van der Waals surface area contributed by atoms with E-state index in [-0.39, 0.29) is 23.9 Å². The molecule has 11 heteroatoms. The van der Waals surface area contributed by atoms with E-state index in [1.54, 1.807) is 35.0 Å². The molecule has 3 atom stereocenters. The number of rotatable bonds is 14. The Bertz CT molecular complexity index is 1290. The van der Waals surface area contributed by atoms with Crippen LogP contribution in [0.1, 0.15) is 106 Å². The molecule has 252 valence electrons. The standard InChI is InChI=1S/C34H56IN3O5Si2/c1-21(2)44(22(3)4,23(5)6)41-20-30-29(43-45(24(7)8,25(9)10)26(11)12)18-31(42-30)38-19-28(35)32(37-34(38)40)36-33(39)27-16-14-13-15-17-27/h13-17,19,21-26,29-31H,18,20H2,1-12H3,(H,36,37,39,40)/t29-,30+,31+/m0/s1. The monoisotopic (exact) mass is 769 g/mol. The lowest BCUT2D eigenvalue weighted by atomic mass is 10.2. The summed E-state index contributed by atoms with van der Waals surface area (Å²) in [4.78, 5) is 30.5. The quantitative estimate of drug-likeness (QED) is 0.152. The summed E-state index contributed by atoms with van der Waals surface area (Å²) in [5.74, 6) is -0.0739. The second-order valence-corrected chi connectivity index (χ2v) is 26.4. The van der Waals surface area contributed by atoms with E-state index in [1.807, 2.05) is 6.07 Å². The van der Waals surface area contributed by atoms with Gasteiger partial charge in [0.2, 0.25) is 8.32 Å². The van der Waals surface area contributed by atoms with Crippen LogP contribution in [0.3, 0.4) is 0 Å². The van der Waals surface area contributed by atoms with Gasteiger partial charge in [0.15, 0.2) is 14.1 Å². The van der Waals surface area contributed by atoms with Gasteiger partial charge in [-0.1, -0.05) is 101 Å². The molecule has 1 aliphatic rings. The predicted molar refractivity (Wildman–Crippen MR) is 197 cm³/mol. The highest BCUT2D eigenvalue weighted by Crippen LogP contribution is 2.47. The van der Waals surface area contributed by atoms with Crippen LogP contribution in [0.25, 0.3) is 0 Å². The Morgan fingerprint density at radius 1 is 0.911 bits per heavy atom. The first-order valence-electron chi connectivity index (χ1n) is 16.6. The molecule has 0 unspecified atom stereocenters. The largest absolute Gasteiger partial charge is 0.413 e. The molecule has 1 amide bonds. The Morgan fingerprint density at radius 3 is 1.91 bits per heavy atom. The van der Waals surface area contributed by atoms with Crippen molar-refractivity contribution in [1.29, 1.82) is 0 Å². The molecule has 2 aromatic rings. The molecule has 8 nitrogen and oxygen atoms in total. The van der Waals surface area contributed by atoms with Crippen molar-refractivity contribution in [2.75, 3.05) is 11.9 Å². The number of nitrogens with one attached hydrogen (secondary N) is 1. The molecule has 1 aromatic carbocycles. The summed E-state index contributed by atoms with van der Waals surface area (Å²) in [6, 6.07) is 8.90. The second-order valence-electron chi connectivity index (χ2n) is 14.4. The van der Waals surface area contributed by atoms with Crippen LogP contribution in [0.5, 0.6) is 0 Å². The van der Waals surface area contributed by atoms with Gasteiger partial charge in [0.25, 0.3) is 5.91 Å². The van der Waals surface area contributed by atoms with Gasteiger partial charge in [0, 0.05) is 18.2 Å². The van der Waals surface area contributed by atoms with Gasteiger partial charge in [-0.2, -0.15) is 4.98 Å². The summed E-state index contributed by atoms with van der Waals surface area (Å²) in [7, 11) is -4.43. The zero-order valence-corrected chi connectivity index (χ0v) is 33.5. The summed E-state index contributed by atoms with van der Waals surface area (Å²) >= 11 is 2.11. The lowest BCUT2D eigenvalue weighted by molar-refractivity contribution is -0.0423. The van der Waals surface area contributed by atoms with Gasteiger partial charge >= 0.3 is 5.69 Å². The molecular formula is C34H56IN3O5Si2. The Kier molecular flexibility index (Phi) is 13.3. The third kappa shape index (κ3) is 8.02. The summed E-state index contributed by atoms with van der Waals surface area (Å²) < 4.78 is 23.3. The van der Waals surface area contributed by atoms with Gasteiger partial charge in [0.1, 0.15) is 12.3 Å². The third-order valence-electron chi connectivity index (χ3n) is 9.93. The third-order valence-corrected chi connectivity index (χ3v) is 22.9. The molecule has 1 fully saturated rings. The fourth-order valence-corrected chi connectivity index (χ4v) is 19.6. The molecule has 0 radical (unpaired) electrons. The summed E-state index contributed by atoms with van der Waals surface area (Å²) in [5, 5.41) is 2.79. The predicted octanol–water partition coefficient (Wildman–Crippen LogP) is 9.14. The Morgan fingerprint density at radius 2 is 1.42 bits per heavy atom. The summed E-state index contributed by atoms with van der Waals surface area (Å²) in [5.41, 5.74) is 2.58. The fourth-order valence-electron chi connectivity index (χ4n) is 8.05. The van der Waals surface area contributed by atoms with Crippen LogP contribution in [0.4, 0.5) is 5.82 Å². The molecule has 1 saturated heterocycles. The van der Waals surface area contributed by atoms with Crippen molar-refractivity contribution in [3.8, 4) is 0 Å². The van der Waals surface area contributed by atoms with Gasteiger partial charge in [0.05, 0.1) is 16.3 Å². The molecule has 45 heavy (non-hydrogen) atoms. The number of hydrogen-bond donors (Lipinski definition) is 1. The molecular weight excluding hydrogens is 713 g/mol. The van der Waals surface area contributed by atoms with Crippen molar-refractivity contribution in [2.24, 2.45) is 0 Å². The molecule has 0 saturated carbocycles. The molecule has 1 aromatic heterocycles. The normalized spacial score (nSPS) is 19.6. The van der Waals surface area contributed by atoms with Crippen LogP contribution >= 0.6 is 22.6 Å². The molecule has 0 spiro atoms. The maximum atomic E-state index is 13.5. The average molecular weight is 770 g/mol. The number of hydrogen-bond acceptors (Lipinski definition) is 6.